The molecular weight excluding hydrogens is 344 g/mol. The van der Waals surface area contributed by atoms with E-state index in [9.17, 15) is 4.79 Å². The Balaban J connectivity index is 1.61. The van der Waals surface area contributed by atoms with Gasteiger partial charge in [-0.2, -0.15) is 5.10 Å². The van der Waals surface area contributed by atoms with Crippen LogP contribution in [0.1, 0.15) is 12.5 Å². The summed E-state index contributed by atoms with van der Waals surface area (Å²) in [6.07, 6.45) is 3.57. The van der Waals surface area contributed by atoms with Gasteiger partial charge in [-0.3, -0.25) is 14.5 Å². The lowest BCUT2D eigenvalue weighted by Crippen LogP contribution is -2.55. The summed E-state index contributed by atoms with van der Waals surface area (Å²) in [4.78, 5) is 20.7. The maximum absolute atomic E-state index is 12.6. The molecule has 2 heterocycles. The van der Waals surface area contributed by atoms with Crippen molar-refractivity contribution in [2.24, 2.45) is 12.0 Å². The molecule has 1 fully saturated rings. The summed E-state index contributed by atoms with van der Waals surface area (Å²) in [6, 6.07) is 7.92. The van der Waals surface area contributed by atoms with Crippen LogP contribution in [0.5, 0.6) is 5.75 Å². The third-order valence-corrected chi connectivity index (χ3v) is 4.44. The number of piperazine rings is 1. The highest BCUT2D eigenvalue weighted by atomic mass is 16.5. The Morgan fingerprint density at radius 2 is 2.15 bits per heavy atom. The molecule has 1 aliphatic heterocycles. The fraction of sp³-hybridized carbons (Fsp3) is 0.421. The van der Waals surface area contributed by atoms with E-state index in [1.165, 1.54) is 0 Å². The Morgan fingerprint density at radius 1 is 1.33 bits per heavy atom. The molecule has 0 atom stereocenters. The van der Waals surface area contributed by atoms with Gasteiger partial charge >= 0.3 is 0 Å². The fourth-order valence-corrected chi connectivity index (χ4v) is 3.13. The molecule has 0 saturated carbocycles. The molecule has 1 aromatic carbocycles. The van der Waals surface area contributed by atoms with Crippen molar-refractivity contribution in [3.05, 3.63) is 42.2 Å². The molecule has 27 heavy (non-hydrogen) atoms. The Hall–Kier alpha value is -3.03. The van der Waals surface area contributed by atoms with E-state index >= 15 is 0 Å². The molecule has 1 saturated heterocycles. The molecule has 0 unspecified atom stereocenters. The Bertz CT molecular complexity index is 816. The van der Waals surface area contributed by atoms with Gasteiger partial charge in [-0.1, -0.05) is 18.2 Å². The number of anilines is 1. The summed E-state index contributed by atoms with van der Waals surface area (Å²) in [5, 5.41) is 7.49. The van der Waals surface area contributed by atoms with Gasteiger partial charge in [0.2, 0.25) is 5.91 Å². The zero-order chi connectivity index (χ0) is 19.2. The van der Waals surface area contributed by atoms with E-state index in [2.05, 4.69) is 15.4 Å². The van der Waals surface area contributed by atoms with E-state index < -0.39 is 0 Å². The van der Waals surface area contributed by atoms with Crippen LogP contribution in [-0.4, -0.2) is 59.8 Å². The number of para-hydroxylation sites is 1. The third-order valence-electron chi connectivity index (χ3n) is 4.44. The van der Waals surface area contributed by atoms with E-state index in [4.69, 9.17) is 4.74 Å². The van der Waals surface area contributed by atoms with Crippen molar-refractivity contribution < 1.29 is 9.53 Å². The fourth-order valence-electron chi connectivity index (χ4n) is 3.13. The van der Waals surface area contributed by atoms with Gasteiger partial charge in [0, 0.05) is 45.5 Å². The summed E-state index contributed by atoms with van der Waals surface area (Å²) in [6.45, 7) is 4.75. The Morgan fingerprint density at radius 3 is 2.81 bits per heavy atom. The van der Waals surface area contributed by atoms with E-state index in [1.54, 1.807) is 22.8 Å². The zero-order valence-corrected chi connectivity index (χ0v) is 16.1. The number of rotatable bonds is 5. The number of amides is 1. The first-order chi connectivity index (χ1) is 13.1. The molecule has 144 valence electrons. The van der Waals surface area contributed by atoms with Crippen molar-refractivity contribution in [1.29, 1.82) is 0 Å². The van der Waals surface area contributed by atoms with Crippen molar-refractivity contribution in [3.8, 4) is 5.75 Å². The van der Waals surface area contributed by atoms with Crippen LogP contribution in [0.3, 0.4) is 0 Å². The van der Waals surface area contributed by atoms with Gasteiger partial charge in [0.05, 0.1) is 18.5 Å². The second kappa shape index (κ2) is 8.57. The number of carbonyl (C=O) groups is 1. The molecule has 8 nitrogen and oxygen atoms in total. The van der Waals surface area contributed by atoms with Crippen LogP contribution >= 0.6 is 0 Å². The minimum Gasteiger partial charge on any atom is -0.494 e. The maximum Gasteiger partial charge on any atom is 0.246 e. The monoisotopic (exact) mass is 370 g/mol. The lowest BCUT2D eigenvalue weighted by atomic mass is 10.2. The number of aromatic nitrogens is 2. The number of ether oxygens (including phenoxy) is 1. The van der Waals surface area contributed by atoms with E-state index in [0.717, 1.165) is 17.0 Å². The minimum absolute atomic E-state index is 0.0342. The van der Waals surface area contributed by atoms with Crippen LogP contribution in [0.4, 0.5) is 5.69 Å². The molecule has 1 aromatic heterocycles. The molecule has 1 aliphatic rings. The number of aliphatic imine (C=N–C) groups is 1. The number of nitrogens with zero attached hydrogens (tertiary/aromatic N) is 5. The predicted molar refractivity (Wildman–Crippen MR) is 105 cm³/mol. The van der Waals surface area contributed by atoms with Gasteiger partial charge in [-0.25, -0.2) is 0 Å². The van der Waals surface area contributed by atoms with Crippen LogP contribution in [0.2, 0.25) is 0 Å². The molecule has 2 aromatic rings. The summed E-state index contributed by atoms with van der Waals surface area (Å²) in [7, 11) is 3.57. The number of benzene rings is 1. The molecule has 1 N–H and O–H groups in total. The highest BCUT2D eigenvalue weighted by Gasteiger charge is 2.27. The SMILES string of the molecule is CCOc1ccccc1CNC(=NC)N1CCN(c2cnn(C)c2)C(=O)C1. The summed E-state index contributed by atoms with van der Waals surface area (Å²) in [5.41, 5.74) is 1.89. The normalized spacial score (nSPS) is 15.2. The number of hydrogen-bond donors (Lipinski definition) is 1. The summed E-state index contributed by atoms with van der Waals surface area (Å²) < 4.78 is 7.37. The second-order valence-corrected chi connectivity index (χ2v) is 6.28. The van der Waals surface area contributed by atoms with Crippen molar-refractivity contribution in [2.45, 2.75) is 13.5 Å². The van der Waals surface area contributed by atoms with Gasteiger partial charge in [-0.05, 0) is 13.0 Å². The van der Waals surface area contributed by atoms with E-state index in [-0.39, 0.29) is 12.5 Å². The molecule has 1 amide bonds. The topological polar surface area (TPSA) is 75.0 Å². The van der Waals surface area contributed by atoms with Crippen LogP contribution in [0, 0.1) is 0 Å². The first-order valence-corrected chi connectivity index (χ1v) is 9.07. The molecule has 0 spiro atoms. The number of guanidine groups is 1. The molecule has 3 rings (SSSR count). The van der Waals surface area contributed by atoms with Gasteiger partial charge in [0.15, 0.2) is 5.96 Å². The highest BCUT2D eigenvalue weighted by Crippen LogP contribution is 2.18. The number of hydrogen-bond acceptors (Lipinski definition) is 4. The molecule has 0 aliphatic carbocycles. The summed E-state index contributed by atoms with van der Waals surface area (Å²) in [5.74, 6) is 1.60. The van der Waals surface area contributed by atoms with Crippen molar-refractivity contribution in [3.63, 3.8) is 0 Å². The van der Waals surface area contributed by atoms with Crippen LogP contribution in [0.25, 0.3) is 0 Å². The average molecular weight is 370 g/mol. The van der Waals surface area contributed by atoms with Crippen molar-refractivity contribution in [1.82, 2.24) is 20.0 Å². The average Bonchev–Trinajstić information content (AvgIpc) is 3.10. The lowest BCUT2D eigenvalue weighted by Gasteiger charge is -2.35. The molecule has 0 radical (unpaired) electrons. The maximum atomic E-state index is 12.6. The highest BCUT2D eigenvalue weighted by molar-refractivity contribution is 5.98. The first-order valence-electron chi connectivity index (χ1n) is 9.07. The second-order valence-electron chi connectivity index (χ2n) is 6.28. The van der Waals surface area contributed by atoms with Crippen LogP contribution in [0.15, 0.2) is 41.7 Å². The van der Waals surface area contributed by atoms with Gasteiger partial charge in [0.1, 0.15) is 12.3 Å². The largest absolute Gasteiger partial charge is 0.494 e. The van der Waals surface area contributed by atoms with Gasteiger partial charge in [-0.15, -0.1) is 0 Å². The zero-order valence-electron chi connectivity index (χ0n) is 16.1. The molecule has 8 heteroatoms. The third kappa shape index (κ3) is 4.39. The van der Waals surface area contributed by atoms with Crippen LogP contribution in [-0.2, 0) is 18.4 Å². The smallest absolute Gasteiger partial charge is 0.246 e. The molecular formula is C19H26N6O2. The first kappa shape index (κ1) is 18.8. The van der Waals surface area contributed by atoms with Gasteiger partial charge in [0.25, 0.3) is 0 Å². The quantitative estimate of drug-likeness (QED) is 0.633. The van der Waals surface area contributed by atoms with E-state index in [0.29, 0.717) is 32.2 Å². The Kier molecular flexibility index (Phi) is 5.95. The predicted octanol–water partition coefficient (Wildman–Crippen LogP) is 1.24. The van der Waals surface area contributed by atoms with E-state index in [1.807, 2.05) is 49.3 Å². The standard InChI is InChI=1S/C19H26N6O2/c1-4-27-17-8-6-5-7-15(17)11-21-19(20-2)24-9-10-25(18(26)14-24)16-12-22-23(3)13-16/h5-8,12-13H,4,9-11,14H2,1-3H3,(H,20,21). The van der Waals surface area contributed by atoms with Crippen molar-refractivity contribution in [2.75, 3.05) is 38.2 Å². The minimum atomic E-state index is 0.0342. The summed E-state index contributed by atoms with van der Waals surface area (Å²) >= 11 is 0. The van der Waals surface area contributed by atoms with Crippen LogP contribution < -0.4 is 15.0 Å². The van der Waals surface area contributed by atoms with Gasteiger partial charge < -0.3 is 19.9 Å². The lowest BCUT2D eigenvalue weighted by molar-refractivity contribution is -0.120. The number of nitrogens with one attached hydrogen (secondary N) is 1. The van der Waals surface area contributed by atoms with Crippen molar-refractivity contribution >= 4 is 17.6 Å². The number of aryl methyl sites for hydroxylation is 1. The Labute approximate surface area is 159 Å². The number of carbonyl (C=O) groups excluding carboxylic acids is 1. The molecule has 0 bridgehead atoms.